The molecular weight excluding hydrogens is 243 g/mol. The second-order valence-electron chi connectivity index (χ2n) is 4.10. The summed E-state index contributed by atoms with van der Waals surface area (Å²) in [6.07, 6.45) is 2.08. The largest absolute Gasteiger partial charge is 0.478 e. The van der Waals surface area contributed by atoms with Crippen LogP contribution in [0, 0.1) is 5.82 Å². The van der Waals surface area contributed by atoms with Gasteiger partial charge in [0.1, 0.15) is 5.82 Å². The Morgan fingerprint density at radius 3 is 2.76 bits per heavy atom. The minimum atomic E-state index is -1.07. The van der Waals surface area contributed by atoms with Crippen LogP contribution in [-0.2, 0) is 0 Å². The van der Waals surface area contributed by atoms with Gasteiger partial charge in [0.25, 0.3) is 0 Å². The number of rotatable bonds is 3. The van der Waals surface area contributed by atoms with Gasteiger partial charge in [-0.2, -0.15) is 0 Å². The number of carboxylic acid groups (broad SMARTS) is 1. The Bertz CT molecular complexity index is 436. The lowest BCUT2D eigenvalue weighted by atomic mass is 10.2. The summed E-state index contributed by atoms with van der Waals surface area (Å²) >= 11 is 1.23. The molecule has 2 atom stereocenters. The molecule has 1 fully saturated rings. The molecule has 5 heteroatoms. The topological polar surface area (TPSA) is 57.5 Å². The molecule has 0 bridgehead atoms. The molecule has 0 heterocycles. The number of benzene rings is 1. The van der Waals surface area contributed by atoms with E-state index in [9.17, 15) is 14.3 Å². The van der Waals surface area contributed by atoms with Gasteiger partial charge in [0.05, 0.1) is 11.7 Å². The third-order valence-electron chi connectivity index (χ3n) is 2.87. The minimum absolute atomic E-state index is 0.0338. The van der Waals surface area contributed by atoms with Crippen molar-refractivity contribution < 1.29 is 19.4 Å². The molecule has 1 aromatic carbocycles. The van der Waals surface area contributed by atoms with E-state index in [1.165, 1.54) is 23.9 Å². The molecular formula is C12H13FO3S. The van der Waals surface area contributed by atoms with Crippen molar-refractivity contribution in [1.82, 2.24) is 0 Å². The van der Waals surface area contributed by atoms with E-state index in [1.54, 1.807) is 0 Å². The smallest absolute Gasteiger partial charge is 0.335 e. The zero-order valence-electron chi connectivity index (χ0n) is 9.10. The van der Waals surface area contributed by atoms with Crippen molar-refractivity contribution >= 4 is 17.7 Å². The predicted octanol–water partition coefficient (Wildman–Crippen LogP) is 2.53. The van der Waals surface area contributed by atoms with Gasteiger partial charge in [-0.05, 0) is 37.5 Å². The quantitative estimate of drug-likeness (QED) is 0.872. The van der Waals surface area contributed by atoms with E-state index in [0.717, 1.165) is 25.3 Å². The minimum Gasteiger partial charge on any atom is -0.478 e. The monoisotopic (exact) mass is 256 g/mol. The summed E-state index contributed by atoms with van der Waals surface area (Å²) < 4.78 is 13.5. The fourth-order valence-electron chi connectivity index (χ4n) is 1.93. The van der Waals surface area contributed by atoms with Crippen molar-refractivity contribution in [2.45, 2.75) is 35.5 Å². The van der Waals surface area contributed by atoms with E-state index in [4.69, 9.17) is 5.11 Å². The van der Waals surface area contributed by atoms with E-state index in [-0.39, 0.29) is 10.8 Å². The maximum absolute atomic E-state index is 13.5. The molecule has 2 unspecified atom stereocenters. The van der Waals surface area contributed by atoms with Crippen LogP contribution in [0.25, 0.3) is 0 Å². The first-order valence-electron chi connectivity index (χ1n) is 5.45. The molecule has 0 spiro atoms. The Kier molecular flexibility index (Phi) is 3.69. The van der Waals surface area contributed by atoms with Crippen LogP contribution >= 0.6 is 11.8 Å². The SMILES string of the molecule is O=C(O)c1ccc(F)c(SC2CCCC2O)c1. The van der Waals surface area contributed by atoms with Crippen LogP contribution < -0.4 is 0 Å². The summed E-state index contributed by atoms with van der Waals surface area (Å²) in [6.45, 7) is 0. The Balaban J connectivity index is 2.19. The molecule has 2 rings (SSSR count). The molecule has 3 nitrogen and oxygen atoms in total. The van der Waals surface area contributed by atoms with Gasteiger partial charge in [-0.25, -0.2) is 9.18 Å². The van der Waals surface area contributed by atoms with E-state index in [1.807, 2.05) is 0 Å². The zero-order chi connectivity index (χ0) is 12.4. The summed E-state index contributed by atoms with van der Waals surface area (Å²) in [5.41, 5.74) is 0.0707. The zero-order valence-corrected chi connectivity index (χ0v) is 9.91. The van der Waals surface area contributed by atoms with Gasteiger partial charge in [-0.3, -0.25) is 0 Å². The molecule has 92 valence electrons. The van der Waals surface area contributed by atoms with Gasteiger partial charge in [-0.1, -0.05) is 0 Å². The number of halogens is 1. The molecule has 2 N–H and O–H groups in total. The lowest BCUT2D eigenvalue weighted by Gasteiger charge is -2.14. The first-order valence-corrected chi connectivity index (χ1v) is 6.33. The standard InChI is InChI=1S/C12H13FO3S/c13-8-5-4-7(12(15)16)6-11(8)17-10-3-1-2-9(10)14/h4-6,9-10,14H,1-3H2,(H,15,16). The fourth-order valence-corrected chi connectivity index (χ4v) is 3.21. The number of hydrogen-bond acceptors (Lipinski definition) is 3. The van der Waals surface area contributed by atoms with Crippen LogP contribution in [0.1, 0.15) is 29.6 Å². The number of thioether (sulfide) groups is 1. The van der Waals surface area contributed by atoms with E-state index in [0.29, 0.717) is 4.90 Å². The van der Waals surface area contributed by atoms with Crippen LogP contribution in [0.5, 0.6) is 0 Å². The van der Waals surface area contributed by atoms with Crippen LogP contribution in [0.3, 0.4) is 0 Å². The van der Waals surface area contributed by atoms with Crippen LogP contribution in [0.15, 0.2) is 23.1 Å². The summed E-state index contributed by atoms with van der Waals surface area (Å²) in [6, 6.07) is 3.73. The Labute approximate surface area is 103 Å². The molecule has 17 heavy (non-hydrogen) atoms. The Hall–Kier alpha value is -1.07. The average molecular weight is 256 g/mol. The molecule has 0 aliphatic heterocycles. The van der Waals surface area contributed by atoms with Crippen molar-refractivity contribution in [3.8, 4) is 0 Å². The van der Waals surface area contributed by atoms with E-state index >= 15 is 0 Å². The van der Waals surface area contributed by atoms with Crippen molar-refractivity contribution in [3.05, 3.63) is 29.6 Å². The first kappa shape index (κ1) is 12.4. The maximum atomic E-state index is 13.5. The highest BCUT2D eigenvalue weighted by Gasteiger charge is 2.27. The van der Waals surface area contributed by atoms with Gasteiger partial charge in [-0.15, -0.1) is 11.8 Å². The van der Waals surface area contributed by atoms with Crippen molar-refractivity contribution in [2.75, 3.05) is 0 Å². The van der Waals surface area contributed by atoms with Crippen LogP contribution in [0.4, 0.5) is 4.39 Å². The molecule has 0 aromatic heterocycles. The second-order valence-corrected chi connectivity index (χ2v) is 5.39. The molecule has 1 aliphatic rings. The highest BCUT2D eigenvalue weighted by molar-refractivity contribution is 8.00. The predicted molar refractivity (Wildman–Crippen MR) is 62.9 cm³/mol. The fraction of sp³-hybridized carbons (Fsp3) is 0.417. The van der Waals surface area contributed by atoms with Gasteiger partial charge in [0, 0.05) is 10.1 Å². The molecule has 1 saturated carbocycles. The van der Waals surface area contributed by atoms with Crippen LogP contribution in [-0.4, -0.2) is 27.5 Å². The Morgan fingerprint density at radius 1 is 1.41 bits per heavy atom. The molecule has 0 saturated heterocycles. The third-order valence-corrected chi connectivity index (χ3v) is 4.29. The van der Waals surface area contributed by atoms with Crippen molar-refractivity contribution in [3.63, 3.8) is 0 Å². The van der Waals surface area contributed by atoms with Gasteiger partial charge in [0.15, 0.2) is 0 Å². The maximum Gasteiger partial charge on any atom is 0.335 e. The number of hydrogen-bond donors (Lipinski definition) is 2. The van der Waals surface area contributed by atoms with Gasteiger partial charge in [0.2, 0.25) is 0 Å². The average Bonchev–Trinajstić information content (AvgIpc) is 2.67. The lowest BCUT2D eigenvalue weighted by Crippen LogP contribution is -2.15. The summed E-state index contributed by atoms with van der Waals surface area (Å²) in [5, 5.41) is 18.5. The second kappa shape index (κ2) is 5.06. The summed E-state index contributed by atoms with van der Waals surface area (Å²) in [4.78, 5) is 11.1. The van der Waals surface area contributed by atoms with Crippen LogP contribution in [0.2, 0.25) is 0 Å². The highest BCUT2D eigenvalue weighted by Crippen LogP contribution is 2.36. The van der Waals surface area contributed by atoms with Crippen molar-refractivity contribution in [1.29, 1.82) is 0 Å². The Morgan fingerprint density at radius 2 is 2.18 bits per heavy atom. The molecule has 0 amide bonds. The summed E-state index contributed by atoms with van der Waals surface area (Å²) in [5.74, 6) is -1.50. The van der Waals surface area contributed by atoms with E-state index in [2.05, 4.69) is 0 Å². The van der Waals surface area contributed by atoms with E-state index < -0.39 is 17.9 Å². The van der Waals surface area contributed by atoms with Crippen molar-refractivity contribution in [2.24, 2.45) is 0 Å². The lowest BCUT2D eigenvalue weighted by molar-refractivity contribution is 0.0696. The number of aromatic carboxylic acids is 1. The number of carbonyl (C=O) groups is 1. The highest BCUT2D eigenvalue weighted by atomic mass is 32.2. The number of aliphatic hydroxyl groups is 1. The molecule has 0 radical (unpaired) electrons. The first-order chi connectivity index (χ1) is 8.08. The van der Waals surface area contributed by atoms with Gasteiger partial charge >= 0.3 is 5.97 Å². The summed E-state index contributed by atoms with van der Waals surface area (Å²) in [7, 11) is 0. The molecule has 1 aliphatic carbocycles. The number of carboxylic acids is 1. The van der Waals surface area contributed by atoms with Gasteiger partial charge < -0.3 is 10.2 Å². The third kappa shape index (κ3) is 2.79. The number of aliphatic hydroxyl groups excluding tert-OH is 1. The normalized spacial score (nSPS) is 23.9. The molecule has 1 aromatic rings.